The first-order valence-corrected chi connectivity index (χ1v) is 12.8. The van der Waals surface area contributed by atoms with Crippen LogP contribution in [0.3, 0.4) is 0 Å². The second-order valence-electron chi connectivity index (χ2n) is 11.4. The third-order valence-corrected chi connectivity index (χ3v) is 9.61. The summed E-state index contributed by atoms with van der Waals surface area (Å²) in [4.78, 5) is 43.5. The predicted molar refractivity (Wildman–Crippen MR) is 135 cm³/mol. The molecule has 2 spiro atoms. The molecule has 1 unspecified atom stereocenters. The topological polar surface area (TPSA) is 177 Å². The number of amides is 1. The van der Waals surface area contributed by atoms with Crippen molar-refractivity contribution in [1.29, 1.82) is 0 Å². The van der Waals surface area contributed by atoms with Gasteiger partial charge in [-0.2, -0.15) is 0 Å². The average Bonchev–Trinajstić information content (AvgIpc) is 3.13. The van der Waals surface area contributed by atoms with E-state index in [0.29, 0.717) is 22.7 Å². The van der Waals surface area contributed by atoms with Crippen LogP contribution >= 0.6 is 11.6 Å². The van der Waals surface area contributed by atoms with Gasteiger partial charge in [0.25, 0.3) is 5.91 Å². The van der Waals surface area contributed by atoms with Crippen LogP contribution in [-0.4, -0.2) is 98.6 Å². The van der Waals surface area contributed by atoms with Gasteiger partial charge in [-0.1, -0.05) is 11.6 Å². The zero-order valence-electron chi connectivity index (χ0n) is 21.0. The molecule has 2 fully saturated rings. The predicted octanol–water partition coefficient (Wildman–Crippen LogP) is 0.0757. The van der Waals surface area contributed by atoms with Crippen LogP contribution in [0.1, 0.15) is 34.3 Å². The molecule has 1 aromatic carbocycles. The number of phenolic OH excluding ortho intramolecular Hbond substituents is 1. The van der Waals surface area contributed by atoms with Gasteiger partial charge in [0.2, 0.25) is 11.4 Å². The van der Waals surface area contributed by atoms with Gasteiger partial charge in [0.15, 0.2) is 5.78 Å². The highest BCUT2D eigenvalue weighted by Gasteiger charge is 2.77. The van der Waals surface area contributed by atoms with Gasteiger partial charge in [-0.25, -0.2) is 0 Å². The molecule has 0 radical (unpaired) electrons. The molecular weight excluding hydrogens is 516 g/mol. The number of nitrogens with one attached hydrogen (secondary N) is 1. The van der Waals surface area contributed by atoms with Crippen LogP contribution in [-0.2, 0) is 22.6 Å². The number of aliphatic hydroxyl groups is 3. The van der Waals surface area contributed by atoms with E-state index in [-0.39, 0.29) is 36.3 Å². The molecule has 2 aliphatic heterocycles. The van der Waals surface area contributed by atoms with Crippen molar-refractivity contribution in [2.45, 2.75) is 43.0 Å². The van der Waals surface area contributed by atoms with Crippen LogP contribution < -0.4 is 11.1 Å². The monoisotopic (exact) mass is 544 g/mol. The maximum atomic E-state index is 14.0. The highest BCUT2D eigenvalue weighted by Crippen LogP contribution is 2.62. The van der Waals surface area contributed by atoms with Gasteiger partial charge in [-0.05, 0) is 63.6 Å². The Bertz CT molecular complexity index is 1420. The van der Waals surface area contributed by atoms with E-state index in [1.54, 1.807) is 14.1 Å². The number of likely N-dealkylation sites (N-methyl/N-ethyl adjacent to an activating group) is 1. The van der Waals surface area contributed by atoms with Gasteiger partial charge in [-0.3, -0.25) is 24.2 Å². The van der Waals surface area contributed by atoms with E-state index in [0.717, 1.165) is 19.5 Å². The van der Waals surface area contributed by atoms with Crippen LogP contribution in [0.4, 0.5) is 0 Å². The summed E-state index contributed by atoms with van der Waals surface area (Å²) in [5.74, 6) is -5.14. The highest BCUT2D eigenvalue weighted by molar-refractivity contribution is 6.33. The molecule has 0 aromatic heterocycles. The molecule has 6 rings (SSSR count). The number of nitrogens with zero attached hydrogens (tertiary/aromatic N) is 2. The second-order valence-corrected chi connectivity index (χ2v) is 11.8. The average molecular weight is 545 g/mol. The Hall–Kier alpha value is -2.96. The number of aromatic hydroxyl groups is 1. The largest absolute Gasteiger partial charge is 0.510 e. The van der Waals surface area contributed by atoms with E-state index in [4.69, 9.17) is 17.3 Å². The number of nitrogens with two attached hydrogens (primary N) is 1. The van der Waals surface area contributed by atoms with Crippen molar-refractivity contribution in [3.05, 3.63) is 50.4 Å². The minimum absolute atomic E-state index is 0.0425. The van der Waals surface area contributed by atoms with E-state index in [2.05, 4.69) is 10.2 Å². The van der Waals surface area contributed by atoms with Crippen LogP contribution in [0.15, 0.2) is 28.7 Å². The molecule has 12 heteroatoms. The number of halogens is 1. The summed E-state index contributed by atoms with van der Waals surface area (Å²) in [6.45, 7) is 2.40. The van der Waals surface area contributed by atoms with Gasteiger partial charge < -0.3 is 31.5 Å². The molecule has 202 valence electrons. The zero-order valence-corrected chi connectivity index (χ0v) is 21.7. The summed E-state index contributed by atoms with van der Waals surface area (Å²) in [5, 5.41) is 49.2. The molecule has 11 nitrogen and oxygen atoms in total. The molecular formula is C26H29ClN4O7. The summed E-state index contributed by atoms with van der Waals surface area (Å²) in [6.07, 6.45) is 1.17. The third kappa shape index (κ3) is 2.80. The molecule has 5 aliphatic rings. The standard InChI is InChI=1S/C26H29ClN4O7/c1-30(2)20-19(34)15(23(28)37)21(35)26(38)22(36)16-18(33)14-12(7-24(16)9-25(20,26)29-10-24)17(27)11(6-13(14)32)8-31-4-3-5-31/h6,20,29,32,34,36,38H,3-5,7-10H2,1-2H3,(H2,28,37)/t20-,24?,25-,26-/m1/s1. The molecule has 2 bridgehead atoms. The van der Waals surface area contributed by atoms with E-state index >= 15 is 0 Å². The van der Waals surface area contributed by atoms with Crippen LogP contribution in [0, 0.1) is 5.41 Å². The number of hydrogen-bond acceptors (Lipinski definition) is 10. The molecule has 0 saturated carbocycles. The number of aliphatic hydroxyl groups excluding tert-OH is 2. The number of carbonyl (C=O) groups excluding carboxylic acids is 3. The lowest BCUT2D eigenvalue weighted by atomic mass is 9.52. The van der Waals surface area contributed by atoms with Crippen molar-refractivity contribution in [2.75, 3.05) is 33.7 Å². The third-order valence-electron chi connectivity index (χ3n) is 9.14. The van der Waals surface area contributed by atoms with Crippen molar-refractivity contribution in [3.8, 4) is 5.75 Å². The summed E-state index contributed by atoms with van der Waals surface area (Å²) >= 11 is 6.83. The molecule has 2 heterocycles. The molecule has 7 N–H and O–H groups in total. The van der Waals surface area contributed by atoms with Crippen molar-refractivity contribution in [3.63, 3.8) is 0 Å². The van der Waals surface area contributed by atoms with Crippen molar-refractivity contribution < 1.29 is 34.8 Å². The first-order valence-electron chi connectivity index (χ1n) is 12.5. The quantitative estimate of drug-likeness (QED) is 0.284. The number of primary amides is 1. The fraction of sp³-hybridized carbons (Fsp3) is 0.500. The Morgan fingerprint density at radius 1 is 1.26 bits per heavy atom. The number of ketones is 2. The molecule has 1 aromatic rings. The Morgan fingerprint density at radius 3 is 2.53 bits per heavy atom. The maximum absolute atomic E-state index is 14.0. The lowest BCUT2D eigenvalue weighted by Gasteiger charge is -2.56. The van der Waals surface area contributed by atoms with Gasteiger partial charge >= 0.3 is 0 Å². The minimum Gasteiger partial charge on any atom is -0.510 e. The number of carbonyl (C=O) groups is 3. The fourth-order valence-corrected chi connectivity index (χ4v) is 7.73. The Kier molecular flexibility index (Phi) is 5.20. The summed E-state index contributed by atoms with van der Waals surface area (Å²) in [5.41, 5.74) is -0.184. The summed E-state index contributed by atoms with van der Waals surface area (Å²) in [6, 6.07) is 0.301. The highest BCUT2D eigenvalue weighted by atomic mass is 35.5. The number of fused-ring (bicyclic) bond motifs is 1. The van der Waals surface area contributed by atoms with E-state index in [1.165, 1.54) is 11.0 Å². The SMILES string of the molecule is CN(C)[C@@H]1C(O)=C(C(N)=O)C(=O)[C@@]2(O)C(O)=C3C(=O)c4c(O)cc(CN5CCC5)c(Cl)c4CC34CN[C@]12C4. The summed E-state index contributed by atoms with van der Waals surface area (Å²) in [7, 11) is 3.18. The molecule has 4 atom stereocenters. The first kappa shape index (κ1) is 25.3. The molecule has 3 aliphatic carbocycles. The Balaban J connectivity index is 1.59. The van der Waals surface area contributed by atoms with Crippen molar-refractivity contribution in [1.82, 2.24) is 15.1 Å². The van der Waals surface area contributed by atoms with Gasteiger partial charge in [0.05, 0.1) is 17.1 Å². The van der Waals surface area contributed by atoms with Crippen molar-refractivity contribution >= 4 is 29.1 Å². The number of Topliss-reactive ketones (excluding diaryl/α,β-unsaturated/α-hetero) is 2. The summed E-state index contributed by atoms with van der Waals surface area (Å²) < 4.78 is 0. The van der Waals surface area contributed by atoms with Crippen LogP contribution in [0.25, 0.3) is 0 Å². The number of phenols is 1. The molecule has 38 heavy (non-hydrogen) atoms. The number of hydrogen-bond donors (Lipinski definition) is 6. The van der Waals surface area contributed by atoms with Gasteiger partial charge in [-0.15, -0.1) is 0 Å². The zero-order chi connectivity index (χ0) is 27.5. The Labute approximate surface area is 223 Å². The minimum atomic E-state index is -2.78. The van der Waals surface area contributed by atoms with Crippen LogP contribution in [0.5, 0.6) is 5.75 Å². The Morgan fingerprint density at radius 2 is 1.95 bits per heavy atom. The van der Waals surface area contributed by atoms with Gasteiger partial charge in [0, 0.05) is 29.1 Å². The smallest absolute Gasteiger partial charge is 0.255 e. The van der Waals surface area contributed by atoms with Crippen molar-refractivity contribution in [2.24, 2.45) is 11.1 Å². The second kappa shape index (κ2) is 7.80. The molecule has 1 amide bonds. The van der Waals surface area contributed by atoms with E-state index < -0.39 is 57.2 Å². The fourth-order valence-electron chi connectivity index (χ4n) is 7.45. The number of benzene rings is 1. The number of likely N-dealkylation sites (tertiary alicyclic amines) is 1. The number of rotatable bonds is 4. The lowest BCUT2D eigenvalue weighted by Crippen LogP contribution is -2.77. The normalized spacial score (nSPS) is 34.3. The lowest BCUT2D eigenvalue weighted by molar-refractivity contribution is -0.152. The van der Waals surface area contributed by atoms with Crippen LogP contribution in [0.2, 0.25) is 5.02 Å². The first-order chi connectivity index (χ1) is 17.8. The molecule has 2 saturated heterocycles. The maximum Gasteiger partial charge on any atom is 0.255 e. The van der Waals surface area contributed by atoms with E-state index in [9.17, 15) is 34.8 Å². The van der Waals surface area contributed by atoms with E-state index in [1.807, 2.05) is 0 Å². The van der Waals surface area contributed by atoms with Gasteiger partial charge in [0.1, 0.15) is 22.8 Å².